The van der Waals surface area contributed by atoms with Gasteiger partial charge in [0.2, 0.25) is 0 Å². The van der Waals surface area contributed by atoms with Crippen molar-refractivity contribution in [2.45, 2.75) is 56.6 Å². The van der Waals surface area contributed by atoms with Crippen molar-refractivity contribution >= 4 is 35.1 Å². The number of halogens is 2. The van der Waals surface area contributed by atoms with Gasteiger partial charge in [-0.1, -0.05) is 60.8 Å². The second-order valence-corrected chi connectivity index (χ2v) is 8.93. The number of aliphatic carboxylic acids is 1. The van der Waals surface area contributed by atoms with E-state index in [0.717, 1.165) is 0 Å². The lowest BCUT2D eigenvalue weighted by Gasteiger charge is -2.47. The average Bonchev–Trinajstić information content (AvgIpc) is 2.80. The summed E-state index contributed by atoms with van der Waals surface area (Å²) in [6.07, 6.45) is -2.43. The van der Waals surface area contributed by atoms with Gasteiger partial charge < -0.3 is 25.0 Å². The SMILES string of the molecule is CCC[C@H](C(=O)O)N1C(=O)[C@H](C[C@H](O)CO)O[C@@H](c2ccc(Cl)cc2)[C@H]1c1ccc(Cl)cc1. The fourth-order valence-corrected chi connectivity index (χ4v) is 4.40. The van der Waals surface area contributed by atoms with Crippen LogP contribution in [0.25, 0.3) is 0 Å². The molecular formula is C24H27Cl2NO6. The number of hydrogen-bond donors (Lipinski definition) is 3. The molecule has 1 fully saturated rings. The number of aliphatic hydroxyl groups excluding tert-OH is 2. The Hall–Kier alpha value is -2.16. The topological polar surface area (TPSA) is 107 Å². The summed E-state index contributed by atoms with van der Waals surface area (Å²) in [5, 5.41) is 30.4. The van der Waals surface area contributed by atoms with Gasteiger partial charge in [0.05, 0.1) is 18.8 Å². The first-order valence-corrected chi connectivity index (χ1v) is 11.5. The number of carboxylic acids is 1. The molecule has 0 aromatic heterocycles. The van der Waals surface area contributed by atoms with Crippen LogP contribution in [0.4, 0.5) is 0 Å². The molecule has 3 N–H and O–H groups in total. The Labute approximate surface area is 202 Å². The number of carbonyl (C=O) groups excluding carboxylic acids is 1. The molecule has 2 aromatic carbocycles. The van der Waals surface area contributed by atoms with E-state index in [-0.39, 0.29) is 12.8 Å². The van der Waals surface area contributed by atoms with Crippen molar-refractivity contribution in [3.05, 3.63) is 69.7 Å². The number of aliphatic hydroxyl groups is 2. The Bertz CT molecular complexity index is 952. The van der Waals surface area contributed by atoms with Gasteiger partial charge >= 0.3 is 5.97 Å². The number of amides is 1. The van der Waals surface area contributed by atoms with Gasteiger partial charge in [-0.3, -0.25) is 4.79 Å². The molecule has 5 atom stereocenters. The van der Waals surface area contributed by atoms with Gasteiger partial charge in [0.15, 0.2) is 0 Å². The third-order valence-corrected chi connectivity index (χ3v) is 6.22. The molecule has 1 aliphatic rings. The van der Waals surface area contributed by atoms with E-state index in [1.54, 1.807) is 48.5 Å². The van der Waals surface area contributed by atoms with Gasteiger partial charge in [-0.25, -0.2) is 4.79 Å². The van der Waals surface area contributed by atoms with Crippen LogP contribution in [0.2, 0.25) is 10.0 Å². The predicted molar refractivity (Wildman–Crippen MR) is 124 cm³/mol. The minimum absolute atomic E-state index is 0.165. The number of nitrogens with zero attached hydrogens (tertiary/aromatic N) is 1. The molecule has 0 spiro atoms. The van der Waals surface area contributed by atoms with Crippen molar-refractivity contribution in [1.29, 1.82) is 0 Å². The van der Waals surface area contributed by atoms with Gasteiger partial charge in [0.25, 0.3) is 5.91 Å². The van der Waals surface area contributed by atoms with Crippen molar-refractivity contribution < 1.29 is 29.6 Å². The molecular weight excluding hydrogens is 469 g/mol. The smallest absolute Gasteiger partial charge is 0.326 e. The molecule has 3 rings (SSSR count). The van der Waals surface area contributed by atoms with Gasteiger partial charge in [-0.2, -0.15) is 0 Å². The van der Waals surface area contributed by atoms with Crippen LogP contribution >= 0.6 is 23.2 Å². The molecule has 1 saturated heterocycles. The van der Waals surface area contributed by atoms with E-state index in [1.165, 1.54) is 4.90 Å². The third kappa shape index (κ3) is 5.86. The maximum absolute atomic E-state index is 13.6. The molecule has 1 aliphatic heterocycles. The second-order valence-electron chi connectivity index (χ2n) is 8.05. The summed E-state index contributed by atoms with van der Waals surface area (Å²) < 4.78 is 6.20. The summed E-state index contributed by atoms with van der Waals surface area (Å²) in [4.78, 5) is 27.2. The lowest BCUT2D eigenvalue weighted by Crippen LogP contribution is -2.57. The largest absolute Gasteiger partial charge is 0.480 e. The number of carbonyl (C=O) groups is 2. The van der Waals surface area contributed by atoms with E-state index in [2.05, 4.69) is 0 Å². The molecule has 2 aromatic rings. The Kier molecular flexibility index (Phi) is 8.73. The zero-order chi connectivity index (χ0) is 24.1. The third-order valence-electron chi connectivity index (χ3n) is 5.72. The first-order chi connectivity index (χ1) is 15.8. The first-order valence-electron chi connectivity index (χ1n) is 10.8. The summed E-state index contributed by atoms with van der Waals surface area (Å²) in [7, 11) is 0. The lowest BCUT2D eigenvalue weighted by molar-refractivity contribution is -0.188. The van der Waals surface area contributed by atoms with Crippen molar-refractivity contribution in [2.24, 2.45) is 0 Å². The zero-order valence-electron chi connectivity index (χ0n) is 18.1. The monoisotopic (exact) mass is 495 g/mol. The second kappa shape index (κ2) is 11.3. The van der Waals surface area contributed by atoms with Crippen LogP contribution in [0.3, 0.4) is 0 Å². The van der Waals surface area contributed by atoms with Crippen molar-refractivity contribution in [3.63, 3.8) is 0 Å². The Morgan fingerprint density at radius 3 is 2.09 bits per heavy atom. The molecule has 178 valence electrons. The van der Waals surface area contributed by atoms with Crippen LogP contribution in [0, 0.1) is 0 Å². The van der Waals surface area contributed by atoms with E-state index >= 15 is 0 Å². The number of morpholine rings is 1. The van der Waals surface area contributed by atoms with Crippen molar-refractivity contribution in [2.75, 3.05) is 6.61 Å². The van der Waals surface area contributed by atoms with Crippen LogP contribution in [-0.2, 0) is 14.3 Å². The fraction of sp³-hybridized carbons (Fsp3) is 0.417. The van der Waals surface area contributed by atoms with Crippen molar-refractivity contribution in [3.8, 4) is 0 Å². The maximum atomic E-state index is 13.6. The van der Waals surface area contributed by atoms with E-state index in [1.807, 2.05) is 6.92 Å². The minimum Gasteiger partial charge on any atom is -0.480 e. The number of benzene rings is 2. The summed E-state index contributed by atoms with van der Waals surface area (Å²) in [6, 6.07) is 11.9. The van der Waals surface area contributed by atoms with E-state index in [4.69, 9.17) is 27.9 Å². The molecule has 1 amide bonds. The van der Waals surface area contributed by atoms with Crippen LogP contribution in [0.15, 0.2) is 48.5 Å². The van der Waals surface area contributed by atoms with E-state index in [9.17, 15) is 24.9 Å². The summed E-state index contributed by atoms with van der Waals surface area (Å²) in [5.41, 5.74) is 1.36. The van der Waals surface area contributed by atoms with Crippen molar-refractivity contribution in [1.82, 2.24) is 4.90 Å². The highest BCUT2D eigenvalue weighted by atomic mass is 35.5. The number of hydrogen-bond acceptors (Lipinski definition) is 5. The fourth-order valence-electron chi connectivity index (χ4n) is 4.15. The number of carboxylic acid groups (broad SMARTS) is 1. The molecule has 0 unspecified atom stereocenters. The average molecular weight is 496 g/mol. The highest BCUT2D eigenvalue weighted by molar-refractivity contribution is 6.30. The van der Waals surface area contributed by atoms with Gasteiger partial charge in [-0.15, -0.1) is 0 Å². The number of rotatable bonds is 9. The van der Waals surface area contributed by atoms with Crippen LogP contribution < -0.4 is 0 Å². The summed E-state index contributed by atoms with van der Waals surface area (Å²) >= 11 is 12.1. The normalized spacial score (nSPS) is 22.8. The van der Waals surface area contributed by atoms with Crippen LogP contribution in [-0.4, -0.2) is 57.0 Å². The molecule has 0 radical (unpaired) electrons. The zero-order valence-corrected chi connectivity index (χ0v) is 19.6. The standard InChI is InChI=1S/C24H27Cl2NO6/c1-2-3-19(24(31)32)27-21(14-4-8-16(25)9-5-14)22(15-6-10-17(26)11-7-15)33-20(23(27)30)12-18(29)13-28/h4-11,18-22,28-29H,2-3,12-13H2,1H3,(H,31,32)/t18-,19+,20-,21+,22-/m0/s1. The molecule has 9 heteroatoms. The Balaban J connectivity index is 2.17. The Morgan fingerprint density at radius 1 is 1.06 bits per heavy atom. The molecule has 0 aliphatic carbocycles. The lowest BCUT2D eigenvalue weighted by atomic mass is 9.89. The van der Waals surface area contributed by atoms with Crippen LogP contribution in [0.5, 0.6) is 0 Å². The molecule has 1 heterocycles. The minimum atomic E-state index is -1.19. The Morgan fingerprint density at radius 2 is 1.61 bits per heavy atom. The van der Waals surface area contributed by atoms with Gasteiger partial charge in [0, 0.05) is 16.5 Å². The molecule has 33 heavy (non-hydrogen) atoms. The molecule has 7 nitrogen and oxygen atoms in total. The maximum Gasteiger partial charge on any atom is 0.326 e. The highest BCUT2D eigenvalue weighted by Crippen LogP contribution is 2.44. The summed E-state index contributed by atoms with van der Waals surface area (Å²) in [5.74, 6) is -1.67. The highest BCUT2D eigenvalue weighted by Gasteiger charge is 2.48. The van der Waals surface area contributed by atoms with Crippen LogP contribution in [0.1, 0.15) is 49.5 Å². The number of ether oxygens (including phenoxy) is 1. The predicted octanol–water partition coefficient (Wildman–Crippen LogP) is 4.00. The quantitative estimate of drug-likeness (QED) is 0.485. The van der Waals surface area contributed by atoms with E-state index < -0.39 is 48.9 Å². The first kappa shape index (κ1) is 25.5. The van der Waals surface area contributed by atoms with E-state index in [0.29, 0.717) is 27.6 Å². The summed E-state index contributed by atoms with van der Waals surface area (Å²) in [6.45, 7) is 1.30. The van der Waals surface area contributed by atoms with Gasteiger partial charge in [-0.05, 0) is 41.8 Å². The van der Waals surface area contributed by atoms with Gasteiger partial charge in [0.1, 0.15) is 18.2 Å². The molecule has 0 saturated carbocycles. The molecule has 0 bridgehead atoms.